The van der Waals surface area contributed by atoms with Crippen LogP contribution in [0.4, 0.5) is 0 Å². The van der Waals surface area contributed by atoms with Gasteiger partial charge in [0.2, 0.25) is 0 Å². The van der Waals surface area contributed by atoms with Crippen LogP contribution in [0.3, 0.4) is 0 Å². The molecule has 1 N–H and O–H groups in total. The Morgan fingerprint density at radius 1 is 1.33 bits per heavy atom. The van der Waals surface area contributed by atoms with Crippen molar-refractivity contribution >= 4 is 9.84 Å². The van der Waals surface area contributed by atoms with E-state index in [0.717, 1.165) is 31.9 Å². The maximum absolute atomic E-state index is 12.1. The van der Waals surface area contributed by atoms with Crippen LogP contribution < -0.4 is 0 Å². The van der Waals surface area contributed by atoms with Gasteiger partial charge in [-0.05, 0) is 0 Å². The smallest absolute Gasteiger partial charge is 0.153 e. The summed E-state index contributed by atoms with van der Waals surface area (Å²) < 4.78 is 29.3. The molecule has 0 aromatic carbocycles. The molecule has 0 amide bonds. The van der Waals surface area contributed by atoms with Gasteiger partial charge in [0.15, 0.2) is 9.84 Å². The van der Waals surface area contributed by atoms with Crippen LogP contribution in [-0.4, -0.2) is 85.1 Å². The molecule has 1 aromatic heterocycles. The second kappa shape index (κ2) is 6.04. The predicted octanol–water partition coefficient (Wildman–Crippen LogP) is -0.661. The summed E-state index contributed by atoms with van der Waals surface area (Å²) in [6.45, 7) is 3.93. The fraction of sp³-hybridized carbons (Fsp3) is 0.769. The van der Waals surface area contributed by atoms with E-state index in [-0.39, 0.29) is 23.6 Å². The zero-order chi connectivity index (χ0) is 14.9. The second-order valence-electron chi connectivity index (χ2n) is 5.79. The third-order valence-corrected chi connectivity index (χ3v) is 6.12. The van der Waals surface area contributed by atoms with E-state index in [1.54, 1.807) is 19.6 Å². The topological polar surface area (TPSA) is 78.5 Å². The molecule has 8 heteroatoms. The molecule has 2 fully saturated rings. The molecule has 2 saturated heterocycles. The number of methoxy groups -OCH3 is 1. The average molecular weight is 314 g/mol. The zero-order valence-corrected chi connectivity index (χ0v) is 13.1. The normalized spacial score (nSPS) is 29.6. The molecule has 2 atom stereocenters. The molecule has 0 spiro atoms. The Hall–Kier alpha value is -0.960. The predicted molar refractivity (Wildman–Crippen MR) is 78.7 cm³/mol. The highest BCUT2D eigenvalue weighted by Crippen LogP contribution is 2.27. The highest BCUT2D eigenvalue weighted by Gasteiger charge is 2.46. The van der Waals surface area contributed by atoms with Gasteiger partial charge in [-0.3, -0.25) is 9.80 Å². The molecule has 3 rings (SSSR count). The highest BCUT2D eigenvalue weighted by atomic mass is 32.2. The summed E-state index contributed by atoms with van der Waals surface area (Å²) in [6, 6.07) is 0.158. The number of imidazole rings is 1. The van der Waals surface area contributed by atoms with Crippen LogP contribution in [0.5, 0.6) is 0 Å². The number of H-pyrrole nitrogens is 1. The van der Waals surface area contributed by atoms with Gasteiger partial charge >= 0.3 is 0 Å². The molecule has 0 bridgehead atoms. The van der Waals surface area contributed by atoms with E-state index in [1.807, 2.05) is 0 Å². The molecule has 0 radical (unpaired) electrons. The second-order valence-corrected chi connectivity index (χ2v) is 7.94. The maximum Gasteiger partial charge on any atom is 0.153 e. The molecule has 0 aliphatic carbocycles. The third-order valence-electron chi connectivity index (χ3n) is 4.42. The lowest BCUT2D eigenvalue weighted by Crippen LogP contribution is -2.59. The number of sulfone groups is 1. The molecule has 2 aliphatic heterocycles. The van der Waals surface area contributed by atoms with E-state index >= 15 is 0 Å². The molecule has 3 heterocycles. The zero-order valence-electron chi connectivity index (χ0n) is 12.2. The van der Waals surface area contributed by atoms with E-state index in [9.17, 15) is 8.42 Å². The molecule has 0 saturated carbocycles. The summed E-state index contributed by atoms with van der Waals surface area (Å²) >= 11 is 0. The summed E-state index contributed by atoms with van der Waals surface area (Å²) in [5.74, 6) is 0.524. The van der Waals surface area contributed by atoms with Gasteiger partial charge in [-0.1, -0.05) is 0 Å². The fourth-order valence-electron chi connectivity index (χ4n) is 3.37. The first-order valence-electron chi connectivity index (χ1n) is 7.24. The first-order valence-corrected chi connectivity index (χ1v) is 9.06. The number of fused-ring (bicyclic) bond motifs is 1. The van der Waals surface area contributed by atoms with Crippen molar-refractivity contribution in [2.75, 3.05) is 44.9 Å². The minimum absolute atomic E-state index is 0.0731. The average Bonchev–Trinajstić information content (AvgIpc) is 3.04. The molecule has 7 nitrogen and oxygen atoms in total. The number of nitrogens with zero attached hydrogens (tertiary/aromatic N) is 3. The number of piperazine rings is 1. The molecule has 118 valence electrons. The first kappa shape index (κ1) is 15.0. The maximum atomic E-state index is 12.1. The van der Waals surface area contributed by atoms with Gasteiger partial charge in [0.1, 0.15) is 0 Å². The highest BCUT2D eigenvalue weighted by molar-refractivity contribution is 7.91. The van der Waals surface area contributed by atoms with Crippen molar-refractivity contribution in [2.45, 2.75) is 18.6 Å². The van der Waals surface area contributed by atoms with Crippen LogP contribution in [0.15, 0.2) is 12.5 Å². The van der Waals surface area contributed by atoms with Crippen molar-refractivity contribution in [3.05, 3.63) is 18.2 Å². The molecule has 1 aromatic rings. The number of aromatic nitrogens is 2. The van der Waals surface area contributed by atoms with Gasteiger partial charge < -0.3 is 9.72 Å². The van der Waals surface area contributed by atoms with Crippen LogP contribution in [0.2, 0.25) is 0 Å². The van der Waals surface area contributed by atoms with E-state index in [2.05, 4.69) is 19.8 Å². The first-order chi connectivity index (χ1) is 10.1. The Bertz CT molecular complexity index is 560. The molecular weight excluding hydrogens is 292 g/mol. The summed E-state index contributed by atoms with van der Waals surface area (Å²) in [7, 11) is -1.27. The Morgan fingerprint density at radius 3 is 2.71 bits per heavy atom. The number of rotatable bonds is 5. The van der Waals surface area contributed by atoms with Crippen molar-refractivity contribution in [1.82, 2.24) is 19.8 Å². The summed E-state index contributed by atoms with van der Waals surface area (Å²) in [5.41, 5.74) is 1.03. The quantitative estimate of drug-likeness (QED) is 0.777. The number of hydrogen-bond acceptors (Lipinski definition) is 6. The molecule has 2 aliphatic rings. The summed E-state index contributed by atoms with van der Waals surface area (Å²) in [5, 5.41) is 0. The van der Waals surface area contributed by atoms with Crippen LogP contribution in [0, 0.1) is 0 Å². The Balaban J connectivity index is 1.74. The van der Waals surface area contributed by atoms with Gasteiger partial charge in [-0.15, -0.1) is 0 Å². The lowest BCUT2D eigenvalue weighted by Gasteiger charge is -2.43. The minimum atomic E-state index is -2.95. The van der Waals surface area contributed by atoms with Crippen molar-refractivity contribution in [3.63, 3.8) is 0 Å². The SMILES string of the molecule is COCCN1CCN(Cc2cnc[nH]2)[C@H]2CS(=O)(=O)C[C@H]21. The lowest BCUT2D eigenvalue weighted by molar-refractivity contribution is 0.0247. The van der Waals surface area contributed by atoms with E-state index in [1.165, 1.54) is 0 Å². The van der Waals surface area contributed by atoms with E-state index < -0.39 is 9.84 Å². The summed E-state index contributed by atoms with van der Waals surface area (Å²) in [6.07, 6.45) is 3.46. The number of hydrogen-bond donors (Lipinski definition) is 1. The Morgan fingerprint density at radius 2 is 2.05 bits per heavy atom. The van der Waals surface area contributed by atoms with Gasteiger partial charge in [-0.2, -0.15) is 0 Å². The van der Waals surface area contributed by atoms with E-state index in [4.69, 9.17) is 4.74 Å². The van der Waals surface area contributed by atoms with Crippen LogP contribution >= 0.6 is 0 Å². The monoisotopic (exact) mass is 314 g/mol. The summed E-state index contributed by atoms with van der Waals surface area (Å²) in [4.78, 5) is 11.7. The fourth-order valence-corrected chi connectivity index (χ4v) is 5.41. The van der Waals surface area contributed by atoms with Crippen LogP contribution in [0.1, 0.15) is 5.69 Å². The number of ether oxygens (including phenoxy) is 1. The standard InChI is InChI=1S/C13H22N4O3S/c1-20-5-4-16-2-3-17(7-11-6-14-10-15-11)13-9-21(18,19)8-12(13)16/h6,10,12-13H,2-5,7-9H2,1H3,(H,14,15)/t12-,13+/m1/s1. The molecule has 21 heavy (non-hydrogen) atoms. The number of nitrogens with one attached hydrogen (secondary N) is 1. The molecular formula is C13H22N4O3S. The van der Waals surface area contributed by atoms with Gasteiger partial charge in [0.25, 0.3) is 0 Å². The Labute approximate surface area is 125 Å². The third kappa shape index (κ3) is 3.28. The van der Waals surface area contributed by atoms with Crippen LogP contribution in [-0.2, 0) is 21.1 Å². The van der Waals surface area contributed by atoms with Crippen molar-refractivity contribution in [3.8, 4) is 0 Å². The van der Waals surface area contributed by atoms with Gasteiger partial charge in [0, 0.05) is 57.3 Å². The minimum Gasteiger partial charge on any atom is -0.383 e. The van der Waals surface area contributed by atoms with Crippen LogP contribution in [0.25, 0.3) is 0 Å². The van der Waals surface area contributed by atoms with Crippen molar-refractivity contribution in [2.24, 2.45) is 0 Å². The van der Waals surface area contributed by atoms with Crippen molar-refractivity contribution in [1.29, 1.82) is 0 Å². The van der Waals surface area contributed by atoms with Gasteiger partial charge in [0.05, 0.1) is 24.4 Å². The number of aromatic amines is 1. The van der Waals surface area contributed by atoms with Gasteiger partial charge in [-0.25, -0.2) is 13.4 Å². The Kier molecular flexibility index (Phi) is 4.30. The lowest BCUT2D eigenvalue weighted by atomic mass is 10.0. The largest absolute Gasteiger partial charge is 0.383 e. The van der Waals surface area contributed by atoms with E-state index in [0.29, 0.717) is 6.61 Å². The molecule has 0 unspecified atom stereocenters. The van der Waals surface area contributed by atoms with Crippen molar-refractivity contribution < 1.29 is 13.2 Å².